The maximum Gasteiger partial charge on any atom is 0.495 e. The van der Waals surface area contributed by atoms with Gasteiger partial charge >= 0.3 is 13.3 Å². The molecule has 0 radical (unpaired) electrons. The molecule has 1 saturated heterocycles. The number of halogens is 3. The molecule has 0 unspecified atom stereocenters. The Morgan fingerprint density at radius 1 is 1.08 bits per heavy atom. The van der Waals surface area contributed by atoms with Crippen LogP contribution in [0.2, 0.25) is 0 Å². The van der Waals surface area contributed by atoms with Crippen LogP contribution in [0.5, 0.6) is 5.75 Å². The van der Waals surface area contributed by atoms with E-state index in [-0.39, 0.29) is 12.4 Å². The van der Waals surface area contributed by atoms with E-state index in [1.807, 2.05) is 45.9 Å². The number of rotatable bonds is 6. The van der Waals surface area contributed by atoms with Crippen molar-refractivity contribution >= 4 is 31.2 Å². The Labute approximate surface area is 208 Å². The monoisotopic (exact) mass is 499 g/mol. The average molecular weight is 499 g/mol. The fraction of sp³-hybridized carbons (Fsp3) is 0.346. The lowest BCUT2D eigenvalue weighted by Gasteiger charge is -2.32. The number of aromatic nitrogens is 2. The maximum absolute atomic E-state index is 13.8. The molecule has 2 aromatic carbocycles. The number of methoxy groups -OCH3 is 1. The molecule has 0 bridgehead atoms. The van der Waals surface area contributed by atoms with Crippen LogP contribution in [0, 0.1) is 0 Å². The third-order valence-electron chi connectivity index (χ3n) is 6.66. The van der Waals surface area contributed by atoms with Crippen molar-refractivity contribution < 1.29 is 27.2 Å². The lowest BCUT2D eigenvalue weighted by molar-refractivity contribution is -0.144. The molecule has 1 aliphatic rings. The molecule has 1 aromatic heterocycles. The van der Waals surface area contributed by atoms with Gasteiger partial charge in [-0.15, -0.1) is 0 Å². The highest BCUT2D eigenvalue weighted by Crippen LogP contribution is 2.36. The van der Waals surface area contributed by atoms with E-state index in [9.17, 15) is 13.2 Å². The molecule has 1 fully saturated rings. The molecule has 0 spiro atoms. The first kappa shape index (κ1) is 25.8. The highest BCUT2D eigenvalue weighted by molar-refractivity contribution is 6.62. The lowest BCUT2D eigenvalue weighted by Crippen LogP contribution is -2.49. The third-order valence-corrected chi connectivity index (χ3v) is 6.66. The molecule has 36 heavy (non-hydrogen) atoms. The van der Waals surface area contributed by atoms with Gasteiger partial charge in [0.1, 0.15) is 11.4 Å². The highest BCUT2D eigenvalue weighted by Gasteiger charge is 2.52. The molecule has 0 atom stereocenters. The first-order valence-corrected chi connectivity index (χ1v) is 11.5. The van der Waals surface area contributed by atoms with Crippen LogP contribution in [0.25, 0.3) is 12.8 Å². The Morgan fingerprint density at radius 2 is 1.72 bits per heavy atom. The Bertz CT molecular complexity index is 1340. The van der Waals surface area contributed by atoms with Crippen molar-refractivity contribution in [2.24, 2.45) is 0 Å². The number of benzene rings is 2. The molecule has 2 heterocycles. The Balaban J connectivity index is 1.66. The second-order valence-electron chi connectivity index (χ2n) is 9.72. The number of nitrogens with zero attached hydrogens (tertiary/aromatic N) is 2. The molecule has 1 aliphatic heterocycles. The van der Waals surface area contributed by atoms with Gasteiger partial charge in [-0.3, -0.25) is 4.68 Å². The van der Waals surface area contributed by atoms with E-state index < -0.39 is 30.2 Å². The van der Waals surface area contributed by atoms with Gasteiger partial charge in [0, 0.05) is 12.3 Å². The average Bonchev–Trinajstić information content (AvgIpc) is 3.30. The first-order valence-electron chi connectivity index (χ1n) is 11.5. The molecule has 4 rings (SSSR count). The van der Waals surface area contributed by atoms with E-state index >= 15 is 0 Å². The van der Waals surface area contributed by atoms with Gasteiger partial charge in [-0.05, 0) is 61.3 Å². The van der Waals surface area contributed by atoms with Gasteiger partial charge in [-0.1, -0.05) is 36.9 Å². The fourth-order valence-electron chi connectivity index (χ4n) is 3.87. The molecule has 10 heteroatoms. The van der Waals surface area contributed by atoms with E-state index in [2.05, 4.69) is 17.0 Å². The van der Waals surface area contributed by atoms with Gasteiger partial charge in [-0.2, -0.15) is 18.3 Å². The van der Waals surface area contributed by atoms with Crippen LogP contribution in [-0.2, 0) is 22.0 Å². The van der Waals surface area contributed by atoms with Crippen LogP contribution in [0.1, 0.15) is 39.0 Å². The summed E-state index contributed by atoms with van der Waals surface area (Å²) in [6.07, 6.45) is -2.99. The Morgan fingerprint density at radius 3 is 2.31 bits per heavy atom. The summed E-state index contributed by atoms with van der Waals surface area (Å²) in [5, 5.41) is 8.42. The summed E-state index contributed by atoms with van der Waals surface area (Å²) in [6.45, 7) is 11.8. The van der Waals surface area contributed by atoms with Crippen molar-refractivity contribution in [1.29, 1.82) is 0 Å². The second kappa shape index (κ2) is 9.33. The summed E-state index contributed by atoms with van der Waals surface area (Å²) in [5.41, 5.74) is -0.556. The smallest absolute Gasteiger partial charge is 0.495 e. The fourth-order valence-corrected chi connectivity index (χ4v) is 3.87. The summed E-state index contributed by atoms with van der Waals surface area (Å²) in [5.74, 6) is 0.677. The summed E-state index contributed by atoms with van der Waals surface area (Å²) < 4.78 is 59.7. The largest absolute Gasteiger partial charge is 0.497 e. The highest BCUT2D eigenvalue weighted by atomic mass is 19.4. The third kappa shape index (κ3) is 5.15. The van der Waals surface area contributed by atoms with Crippen LogP contribution < -0.4 is 26.0 Å². The number of alkyl halides is 3. The number of anilines is 1. The van der Waals surface area contributed by atoms with Gasteiger partial charge in [0.2, 0.25) is 0 Å². The molecule has 0 aliphatic carbocycles. The normalized spacial score (nSPS) is 17.4. The molecule has 1 N–H and O–H groups in total. The van der Waals surface area contributed by atoms with Crippen LogP contribution in [0.15, 0.2) is 48.5 Å². The van der Waals surface area contributed by atoms with Crippen molar-refractivity contribution in [1.82, 2.24) is 9.78 Å². The Kier molecular flexibility index (Phi) is 6.70. The van der Waals surface area contributed by atoms with Crippen LogP contribution in [0.4, 0.5) is 19.0 Å². The minimum Gasteiger partial charge on any atom is -0.497 e. The van der Waals surface area contributed by atoms with E-state index in [4.69, 9.17) is 14.0 Å². The van der Waals surface area contributed by atoms with Gasteiger partial charge in [0.25, 0.3) is 0 Å². The van der Waals surface area contributed by atoms with E-state index in [0.717, 1.165) is 16.2 Å². The molecular weight excluding hydrogens is 470 g/mol. The molecule has 3 aromatic rings. The summed E-state index contributed by atoms with van der Waals surface area (Å²) in [4.78, 5) is 0. The summed E-state index contributed by atoms with van der Waals surface area (Å²) in [6, 6.07) is 13.3. The molecule has 0 saturated carbocycles. The van der Waals surface area contributed by atoms with Crippen LogP contribution >= 0.6 is 0 Å². The summed E-state index contributed by atoms with van der Waals surface area (Å²) in [7, 11) is 0.879. The van der Waals surface area contributed by atoms with Gasteiger partial charge < -0.3 is 19.4 Å². The summed E-state index contributed by atoms with van der Waals surface area (Å²) >= 11 is 0. The number of hydrogen-bond acceptors (Lipinski definition) is 5. The number of nitrogens with one attached hydrogen (secondary N) is 1. The Hall–Kier alpha value is -3.24. The minimum atomic E-state index is -4.57. The van der Waals surface area contributed by atoms with Crippen molar-refractivity contribution in [3.63, 3.8) is 0 Å². The van der Waals surface area contributed by atoms with Crippen molar-refractivity contribution in [3.05, 3.63) is 70.2 Å². The van der Waals surface area contributed by atoms with E-state index in [0.29, 0.717) is 21.8 Å². The lowest BCUT2D eigenvalue weighted by atomic mass is 9.77. The number of ether oxygens (including phenoxy) is 1. The quantitative estimate of drug-likeness (QED) is 0.527. The second-order valence-corrected chi connectivity index (χ2v) is 9.72. The standard InChI is InChI=1S/C26H29BF3N3O3/c1-17-8-7-9-21(27-35-24(2,3)25(4,5)36-27)20(17)15-31-23-14-22(26(28,29)30)33(32-23)16-18-10-12-19(34-6)13-11-18/h7-15H,1,16H2,2-6H3,(H,31,32)/b20-15+. The topological polar surface area (TPSA) is 57.5 Å². The molecular formula is C26H29BF3N3O3. The van der Waals surface area contributed by atoms with E-state index in [1.54, 1.807) is 30.5 Å². The first-order chi connectivity index (χ1) is 16.8. The minimum absolute atomic E-state index is 0.0500. The van der Waals surface area contributed by atoms with Crippen molar-refractivity contribution in [3.8, 4) is 5.75 Å². The zero-order valence-electron chi connectivity index (χ0n) is 20.9. The predicted octanol–water partition coefficient (Wildman–Crippen LogP) is 3.52. The van der Waals surface area contributed by atoms with Crippen molar-refractivity contribution in [2.45, 2.75) is 51.6 Å². The zero-order chi connectivity index (χ0) is 26.3. The molecule has 6 nitrogen and oxygen atoms in total. The molecule has 190 valence electrons. The zero-order valence-corrected chi connectivity index (χ0v) is 20.9. The maximum atomic E-state index is 13.8. The number of hydrogen-bond donors (Lipinski definition) is 1. The van der Waals surface area contributed by atoms with Crippen LogP contribution in [0.3, 0.4) is 0 Å². The van der Waals surface area contributed by atoms with Gasteiger partial charge in [0.05, 0.1) is 24.9 Å². The van der Waals surface area contributed by atoms with E-state index in [1.165, 1.54) is 7.11 Å². The van der Waals surface area contributed by atoms with Crippen molar-refractivity contribution in [2.75, 3.05) is 12.4 Å². The predicted molar refractivity (Wildman–Crippen MR) is 134 cm³/mol. The molecule has 0 amide bonds. The van der Waals surface area contributed by atoms with Crippen LogP contribution in [-0.4, -0.2) is 35.2 Å². The SMILES string of the molecule is C=c1cccc(B2OC(C)(C)C(C)(C)O2)/c1=C/Nc1cc(C(F)(F)F)n(Cc2ccc(OC)cc2)n1. The van der Waals surface area contributed by atoms with Gasteiger partial charge in [0.15, 0.2) is 5.82 Å². The van der Waals surface area contributed by atoms with Gasteiger partial charge in [-0.25, -0.2) is 0 Å².